The minimum atomic E-state index is -2.09. The maximum absolute atomic E-state index is 13.4. The van der Waals surface area contributed by atoms with Crippen LogP contribution in [0.25, 0.3) is 0 Å². The van der Waals surface area contributed by atoms with Crippen LogP contribution in [0.3, 0.4) is 0 Å². The average molecular weight is 264 g/mol. The fourth-order valence-corrected chi connectivity index (χ4v) is 1.69. The molecule has 1 rings (SSSR count). The summed E-state index contributed by atoms with van der Waals surface area (Å²) >= 11 is 0. The van der Waals surface area contributed by atoms with Gasteiger partial charge >= 0.3 is 5.97 Å². The molecule has 0 spiro atoms. The standard InChI is InChI=1S/C12H12F4O2/c1-2-3-4-5-6-7(12(17)18)9(14)11(16)10(15)8(6)13/h2-5H2,1H3,(H,17,18). The van der Waals surface area contributed by atoms with E-state index in [1.807, 2.05) is 6.92 Å². The molecule has 1 aromatic carbocycles. The second-order valence-electron chi connectivity index (χ2n) is 3.87. The maximum atomic E-state index is 13.4. The highest BCUT2D eigenvalue weighted by Crippen LogP contribution is 2.25. The lowest BCUT2D eigenvalue weighted by atomic mass is 9.99. The number of hydrogen-bond acceptors (Lipinski definition) is 1. The molecule has 2 nitrogen and oxygen atoms in total. The van der Waals surface area contributed by atoms with Gasteiger partial charge in [0.05, 0.1) is 0 Å². The van der Waals surface area contributed by atoms with Gasteiger partial charge in [-0.3, -0.25) is 0 Å². The molecule has 1 aromatic rings. The van der Waals surface area contributed by atoms with Crippen molar-refractivity contribution in [2.45, 2.75) is 32.6 Å². The highest BCUT2D eigenvalue weighted by atomic mass is 19.2. The van der Waals surface area contributed by atoms with Crippen molar-refractivity contribution in [2.24, 2.45) is 0 Å². The number of benzene rings is 1. The Balaban J connectivity index is 3.32. The number of carboxylic acids is 1. The Morgan fingerprint density at radius 1 is 1.00 bits per heavy atom. The van der Waals surface area contributed by atoms with Gasteiger partial charge in [0.1, 0.15) is 5.56 Å². The van der Waals surface area contributed by atoms with Crippen LogP contribution in [0.5, 0.6) is 0 Å². The number of carboxylic acid groups (broad SMARTS) is 1. The van der Waals surface area contributed by atoms with Crippen LogP contribution in [0.4, 0.5) is 17.6 Å². The number of hydrogen-bond donors (Lipinski definition) is 1. The van der Waals surface area contributed by atoms with Crippen molar-refractivity contribution >= 4 is 5.97 Å². The molecule has 0 saturated heterocycles. The SMILES string of the molecule is CCCCCc1c(F)c(F)c(F)c(F)c1C(=O)O. The minimum absolute atomic E-state index is 0.143. The van der Waals surface area contributed by atoms with Crippen molar-refractivity contribution in [2.75, 3.05) is 0 Å². The van der Waals surface area contributed by atoms with Gasteiger partial charge in [-0.1, -0.05) is 19.8 Å². The van der Waals surface area contributed by atoms with Crippen LogP contribution < -0.4 is 0 Å². The molecule has 0 heterocycles. The van der Waals surface area contributed by atoms with Crippen LogP contribution in [0, 0.1) is 23.3 Å². The van der Waals surface area contributed by atoms with Crippen molar-refractivity contribution in [3.63, 3.8) is 0 Å². The second-order valence-corrected chi connectivity index (χ2v) is 3.87. The molecule has 0 aliphatic heterocycles. The van der Waals surface area contributed by atoms with E-state index in [0.717, 1.165) is 6.42 Å². The van der Waals surface area contributed by atoms with Crippen LogP contribution in [0.15, 0.2) is 0 Å². The summed E-state index contributed by atoms with van der Waals surface area (Å²) in [5, 5.41) is 8.75. The first kappa shape index (κ1) is 14.5. The van der Waals surface area contributed by atoms with Crippen LogP contribution in [-0.4, -0.2) is 11.1 Å². The molecule has 0 amide bonds. The van der Waals surface area contributed by atoms with Crippen molar-refractivity contribution in [1.82, 2.24) is 0 Å². The fourth-order valence-electron chi connectivity index (χ4n) is 1.69. The third kappa shape index (κ3) is 2.63. The molecule has 0 radical (unpaired) electrons. The van der Waals surface area contributed by atoms with Gasteiger partial charge in [-0.25, -0.2) is 22.4 Å². The molecule has 0 aromatic heterocycles. The van der Waals surface area contributed by atoms with Crippen LogP contribution >= 0.6 is 0 Å². The Labute approximate surface area is 101 Å². The summed E-state index contributed by atoms with van der Waals surface area (Å²) in [4.78, 5) is 10.8. The molecular formula is C12H12F4O2. The molecule has 0 saturated carbocycles. The minimum Gasteiger partial charge on any atom is -0.478 e. The Kier molecular flexibility index (Phi) is 4.69. The summed E-state index contributed by atoms with van der Waals surface area (Å²) in [6.45, 7) is 1.86. The number of unbranched alkanes of at least 4 members (excludes halogenated alkanes) is 2. The Morgan fingerprint density at radius 3 is 2.06 bits per heavy atom. The van der Waals surface area contributed by atoms with E-state index < -0.39 is 40.4 Å². The Bertz CT molecular complexity index is 472. The summed E-state index contributed by atoms with van der Waals surface area (Å²) < 4.78 is 52.7. The monoisotopic (exact) mass is 264 g/mol. The first-order chi connectivity index (χ1) is 8.41. The highest BCUT2D eigenvalue weighted by Gasteiger charge is 2.28. The third-order valence-corrected chi connectivity index (χ3v) is 2.61. The molecule has 0 aliphatic rings. The number of rotatable bonds is 5. The smallest absolute Gasteiger partial charge is 0.339 e. The number of halogens is 4. The summed E-state index contributed by atoms with van der Waals surface area (Å²) in [7, 11) is 0. The zero-order valence-electron chi connectivity index (χ0n) is 9.70. The van der Waals surface area contributed by atoms with E-state index in [4.69, 9.17) is 5.11 Å². The van der Waals surface area contributed by atoms with Crippen molar-refractivity contribution in [3.05, 3.63) is 34.4 Å². The Morgan fingerprint density at radius 2 is 1.56 bits per heavy atom. The molecule has 1 N–H and O–H groups in total. The van der Waals surface area contributed by atoms with Crippen molar-refractivity contribution < 1.29 is 27.5 Å². The lowest BCUT2D eigenvalue weighted by molar-refractivity contribution is 0.0688. The predicted molar refractivity (Wildman–Crippen MR) is 56.5 cm³/mol. The van der Waals surface area contributed by atoms with E-state index in [1.165, 1.54) is 0 Å². The van der Waals surface area contributed by atoms with E-state index in [9.17, 15) is 22.4 Å². The van der Waals surface area contributed by atoms with Crippen molar-refractivity contribution in [3.8, 4) is 0 Å². The maximum Gasteiger partial charge on any atom is 0.339 e. The van der Waals surface area contributed by atoms with Gasteiger partial charge in [-0.15, -0.1) is 0 Å². The van der Waals surface area contributed by atoms with Gasteiger partial charge in [-0.2, -0.15) is 0 Å². The molecular weight excluding hydrogens is 252 g/mol. The number of carbonyl (C=O) groups is 1. The summed E-state index contributed by atoms with van der Waals surface area (Å²) in [6.07, 6.45) is 1.66. The van der Waals surface area contributed by atoms with Crippen LogP contribution in [0.2, 0.25) is 0 Å². The van der Waals surface area contributed by atoms with E-state index in [0.29, 0.717) is 12.8 Å². The largest absolute Gasteiger partial charge is 0.478 e. The predicted octanol–water partition coefficient (Wildman–Crippen LogP) is 3.67. The molecule has 100 valence electrons. The zero-order chi connectivity index (χ0) is 13.9. The van der Waals surface area contributed by atoms with E-state index in [-0.39, 0.29) is 6.42 Å². The molecule has 0 unspecified atom stereocenters. The normalized spacial score (nSPS) is 10.7. The van der Waals surface area contributed by atoms with Crippen LogP contribution in [-0.2, 0) is 6.42 Å². The number of aromatic carboxylic acids is 1. The zero-order valence-corrected chi connectivity index (χ0v) is 9.70. The van der Waals surface area contributed by atoms with Gasteiger partial charge in [0.25, 0.3) is 0 Å². The van der Waals surface area contributed by atoms with Gasteiger partial charge in [0.2, 0.25) is 0 Å². The van der Waals surface area contributed by atoms with E-state index in [1.54, 1.807) is 0 Å². The lowest BCUT2D eigenvalue weighted by Gasteiger charge is -2.10. The lowest BCUT2D eigenvalue weighted by Crippen LogP contribution is -2.13. The molecule has 18 heavy (non-hydrogen) atoms. The van der Waals surface area contributed by atoms with E-state index in [2.05, 4.69) is 0 Å². The van der Waals surface area contributed by atoms with Gasteiger partial charge in [-0.05, 0) is 12.8 Å². The molecule has 0 bridgehead atoms. The fraction of sp³-hybridized carbons (Fsp3) is 0.417. The quantitative estimate of drug-likeness (QED) is 0.381. The highest BCUT2D eigenvalue weighted by molar-refractivity contribution is 5.89. The molecule has 0 atom stereocenters. The van der Waals surface area contributed by atoms with Gasteiger partial charge in [0.15, 0.2) is 23.3 Å². The first-order valence-electron chi connectivity index (χ1n) is 5.49. The molecule has 0 aliphatic carbocycles. The van der Waals surface area contributed by atoms with Gasteiger partial charge in [0, 0.05) is 5.56 Å². The average Bonchev–Trinajstić information content (AvgIpc) is 2.32. The topological polar surface area (TPSA) is 37.3 Å². The van der Waals surface area contributed by atoms with E-state index >= 15 is 0 Å². The molecule has 0 fully saturated rings. The molecule has 6 heteroatoms. The van der Waals surface area contributed by atoms with Crippen LogP contribution in [0.1, 0.15) is 42.1 Å². The first-order valence-corrected chi connectivity index (χ1v) is 5.49. The summed E-state index contributed by atoms with van der Waals surface area (Å²) in [5.74, 6) is -9.35. The summed E-state index contributed by atoms with van der Waals surface area (Å²) in [6, 6.07) is 0. The second kappa shape index (κ2) is 5.84. The third-order valence-electron chi connectivity index (χ3n) is 2.61. The van der Waals surface area contributed by atoms with Gasteiger partial charge < -0.3 is 5.11 Å². The summed E-state index contributed by atoms with van der Waals surface area (Å²) in [5.41, 5.74) is -1.74. The Hall–Kier alpha value is -1.59. The van der Waals surface area contributed by atoms with Crippen molar-refractivity contribution in [1.29, 1.82) is 0 Å².